The molecule has 2 aliphatic heterocycles. The quantitative estimate of drug-likeness (QED) is 0.0387. The number of hydrogen-bond acceptors (Lipinski definition) is 12. The summed E-state index contributed by atoms with van der Waals surface area (Å²) in [7, 11) is 1.24. The third kappa shape index (κ3) is 6.33. The SMILES string of the molecule is CO/N=C(\C(=O)N[C@@H]1C(=O)N2C(C(=O)[O-])=C(Cn3ccc4n3cc[n+]4Cc3cccc(SN=C(N)N)c3)CS[C@H]12)c1nc(N)sc1Cl. The Balaban J connectivity index is 1.18. The summed E-state index contributed by atoms with van der Waals surface area (Å²) in [4.78, 5) is 49.6. The summed E-state index contributed by atoms with van der Waals surface area (Å²) in [6, 6.07) is 8.71. The normalized spacial score (nSPS) is 17.8. The van der Waals surface area contributed by atoms with Crippen LogP contribution in [0.4, 0.5) is 5.13 Å². The molecule has 2 aliphatic rings. The van der Waals surface area contributed by atoms with Crippen LogP contribution in [-0.2, 0) is 32.3 Å². The van der Waals surface area contributed by atoms with Gasteiger partial charge in [-0.3, -0.25) is 14.5 Å². The van der Waals surface area contributed by atoms with Gasteiger partial charge in [0.15, 0.2) is 23.0 Å². The highest BCUT2D eigenvalue weighted by atomic mass is 35.5. The minimum atomic E-state index is -1.49. The van der Waals surface area contributed by atoms with Gasteiger partial charge in [-0.1, -0.05) is 40.2 Å². The van der Waals surface area contributed by atoms with E-state index >= 15 is 0 Å². The van der Waals surface area contributed by atoms with Gasteiger partial charge in [-0.2, -0.15) is 4.40 Å². The number of guanidine groups is 1. The first-order valence-corrected chi connectivity index (χ1v) is 16.7. The molecule has 3 aromatic heterocycles. The van der Waals surface area contributed by atoms with Gasteiger partial charge in [0.1, 0.15) is 41.3 Å². The lowest BCUT2D eigenvalue weighted by Gasteiger charge is -2.50. The first kappa shape index (κ1) is 32.2. The van der Waals surface area contributed by atoms with Gasteiger partial charge < -0.3 is 37.3 Å². The van der Waals surface area contributed by atoms with E-state index in [1.807, 2.05) is 62.7 Å². The number of carbonyl (C=O) groups is 3. The Morgan fingerprint density at radius 1 is 1.30 bits per heavy atom. The molecule has 0 radical (unpaired) electrons. The van der Waals surface area contributed by atoms with Crippen LogP contribution in [0.3, 0.4) is 0 Å². The van der Waals surface area contributed by atoms with Crippen LogP contribution in [0.2, 0.25) is 4.34 Å². The summed E-state index contributed by atoms with van der Waals surface area (Å²) in [6.07, 6.45) is 5.62. The highest BCUT2D eigenvalue weighted by Gasteiger charge is 2.53. The number of nitrogen functional groups attached to an aromatic ring is 1. The van der Waals surface area contributed by atoms with Crippen LogP contribution < -0.4 is 32.2 Å². The summed E-state index contributed by atoms with van der Waals surface area (Å²) in [6.45, 7) is 0.747. The maximum atomic E-state index is 13.3. The second-order valence-electron chi connectivity index (χ2n) is 10.2. The van der Waals surface area contributed by atoms with E-state index in [4.69, 9.17) is 33.6 Å². The Hall–Kier alpha value is -4.72. The van der Waals surface area contributed by atoms with Crippen molar-refractivity contribution in [3.8, 4) is 0 Å². The summed E-state index contributed by atoms with van der Waals surface area (Å²) in [5, 5.41) is 18.1. The van der Waals surface area contributed by atoms with Crippen molar-refractivity contribution in [1.82, 2.24) is 24.4 Å². The number of amides is 2. The molecule has 0 saturated carbocycles. The molecular weight excluding hydrogens is 690 g/mol. The number of anilines is 1. The van der Waals surface area contributed by atoms with E-state index in [0.29, 0.717) is 12.1 Å². The Labute approximate surface area is 284 Å². The topological polar surface area (TPSA) is 228 Å². The number of carbonyl (C=O) groups excluding carboxylic acids is 3. The third-order valence-electron chi connectivity index (χ3n) is 7.20. The number of nitrogens with two attached hydrogens (primary N) is 3. The van der Waals surface area contributed by atoms with Crippen molar-refractivity contribution in [2.45, 2.75) is 29.4 Å². The number of oxime groups is 1. The number of rotatable bonds is 11. The van der Waals surface area contributed by atoms with E-state index < -0.39 is 29.2 Å². The Morgan fingerprint density at radius 3 is 2.81 bits per heavy atom. The number of halogens is 1. The lowest BCUT2D eigenvalue weighted by molar-refractivity contribution is -0.661. The standard InChI is InChI=1S/C27H26ClN11O5S3/c1-44-34-18(17-21(28)46-27(31)33-17)22(40)32-19-23(41)39-20(25(42)43)14(12-45-24(19)39)11-37-6-5-16-36(7-8-38(16)37)10-13-3-2-4-15(9-13)47-35-26(29)30/h2-9,19,24H,10-12H2,1H3,(H7-,29,30,31,32,33,35,40,42,43)/b34-18-/t19-,24-/m1/s1. The molecule has 244 valence electrons. The van der Waals surface area contributed by atoms with Gasteiger partial charge in [0.2, 0.25) is 0 Å². The Kier molecular flexibility index (Phi) is 9.04. The van der Waals surface area contributed by atoms with Crippen molar-refractivity contribution in [3.05, 3.63) is 75.8 Å². The van der Waals surface area contributed by atoms with E-state index in [9.17, 15) is 19.5 Å². The molecule has 4 aromatic rings. The van der Waals surface area contributed by atoms with Crippen LogP contribution in [0.1, 0.15) is 11.3 Å². The average molecular weight is 716 g/mol. The van der Waals surface area contributed by atoms with Crippen molar-refractivity contribution in [3.63, 3.8) is 0 Å². The fourth-order valence-corrected chi connectivity index (χ4v) is 8.07. The number of β-lactam (4-membered cyclic amide) rings is 1. The van der Waals surface area contributed by atoms with Crippen molar-refractivity contribution < 1.29 is 28.9 Å². The number of aliphatic carboxylic acids is 1. The van der Waals surface area contributed by atoms with E-state index in [2.05, 4.69) is 19.9 Å². The Morgan fingerprint density at radius 2 is 2.11 bits per heavy atom. The molecule has 7 N–H and O–H groups in total. The summed E-state index contributed by atoms with van der Waals surface area (Å²) < 4.78 is 9.88. The average Bonchev–Trinajstić information content (AvgIpc) is 3.72. The van der Waals surface area contributed by atoms with Gasteiger partial charge in [-0.25, -0.2) is 14.2 Å². The number of imidazole rings is 1. The fraction of sp³-hybridized carbons (Fsp3) is 0.222. The predicted molar refractivity (Wildman–Crippen MR) is 175 cm³/mol. The monoisotopic (exact) mass is 715 g/mol. The largest absolute Gasteiger partial charge is 0.543 e. The van der Waals surface area contributed by atoms with Crippen LogP contribution in [0.5, 0.6) is 0 Å². The zero-order chi connectivity index (χ0) is 33.4. The first-order valence-electron chi connectivity index (χ1n) is 13.7. The number of thiazole rings is 1. The number of fused-ring (bicyclic) bond motifs is 2. The number of nitrogens with one attached hydrogen (secondary N) is 1. The lowest BCUT2D eigenvalue weighted by Crippen LogP contribution is -2.71. The molecular formula is C27H26ClN11O5S3. The molecule has 0 spiro atoms. The van der Waals surface area contributed by atoms with Crippen molar-refractivity contribution >= 4 is 86.9 Å². The van der Waals surface area contributed by atoms with Gasteiger partial charge in [-0.05, 0) is 23.3 Å². The zero-order valence-corrected chi connectivity index (χ0v) is 27.6. The zero-order valence-electron chi connectivity index (χ0n) is 24.4. The maximum absolute atomic E-state index is 13.3. The van der Waals surface area contributed by atoms with Crippen molar-refractivity contribution in [1.29, 1.82) is 0 Å². The molecule has 0 aliphatic carbocycles. The highest BCUT2D eigenvalue weighted by Crippen LogP contribution is 2.40. The number of aromatic nitrogens is 4. The maximum Gasteiger partial charge on any atom is 0.307 e. The fourth-order valence-electron chi connectivity index (χ4n) is 5.25. The molecule has 5 heterocycles. The molecule has 1 saturated heterocycles. The second-order valence-corrected chi connectivity index (χ2v) is 13.8. The number of carboxylic acid groups (broad SMARTS) is 1. The van der Waals surface area contributed by atoms with E-state index in [1.54, 1.807) is 0 Å². The first-order chi connectivity index (χ1) is 22.5. The van der Waals surface area contributed by atoms with Gasteiger partial charge >= 0.3 is 5.65 Å². The minimum Gasteiger partial charge on any atom is -0.543 e. The summed E-state index contributed by atoms with van der Waals surface area (Å²) in [5.74, 6) is -2.61. The van der Waals surface area contributed by atoms with Gasteiger partial charge in [0.25, 0.3) is 11.8 Å². The van der Waals surface area contributed by atoms with Crippen LogP contribution in [0.15, 0.2) is 74.6 Å². The summed E-state index contributed by atoms with van der Waals surface area (Å²) >= 11 is 9.61. The molecule has 20 heteroatoms. The number of thioether (sulfide) groups is 1. The van der Waals surface area contributed by atoms with Crippen LogP contribution in [0.25, 0.3) is 5.65 Å². The lowest BCUT2D eigenvalue weighted by atomic mass is 10.0. The smallest absolute Gasteiger partial charge is 0.307 e. The highest BCUT2D eigenvalue weighted by molar-refractivity contribution is 8.00. The second kappa shape index (κ2) is 13.2. The molecule has 47 heavy (non-hydrogen) atoms. The number of benzene rings is 1. The van der Waals surface area contributed by atoms with Crippen LogP contribution >= 0.6 is 46.6 Å². The van der Waals surface area contributed by atoms with Crippen LogP contribution in [-0.4, -0.2) is 72.8 Å². The molecule has 2 amide bonds. The third-order valence-corrected chi connectivity index (χ3v) is 10.4. The van der Waals surface area contributed by atoms with Gasteiger partial charge in [-0.15, -0.1) is 16.3 Å². The number of carboxylic acids is 1. The summed E-state index contributed by atoms with van der Waals surface area (Å²) in [5.41, 5.74) is 18.5. The molecule has 0 bridgehead atoms. The Bertz CT molecular complexity index is 2000. The molecule has 1 aromatic carbocycles. The van der Waals surface area contributed by atoms with E-state index in [-0.39, 0.29) is 44.8 Å². The molecule has 16 nitrogen and oxygen atoms in total. The predicted octanol–water partition coefficient (Wildman–Crippen LogP) is -0.496. The number of nitrogens with zero attached hydrogens (tertiary/aromatic N) is 7. The van der Waals surface area contributed by atoms with Gasteiger partial charge in [0.05, 0.1) is 30.5 Å². The minimum absolute atomic E-state index is 0.00536. The van der Waals surface area contributed by atoms with Crippen molar-refractivity contribution in [2.24, 2.45) is 21.0 Å². The molecule has 1 fully saturated rings. The van der Waals surface area contributed by atoms with Gasteiger partial charge in [0, 0.05) is 22.6 Å². The van der Waals surface area contributed by atoms with E-state index in [1.165, 1.54) is 30.8 Å². The number of hydrogen-bond donors (Lipinski definition) is 4. The molecule has 6 rings (SSSR count). The molecule has 2 atom stereocenters. The molecule has 0 unspecified atom stereocenters. The van der Waals surface area contributed by atoms with Crippen molar-refractivity contribution in [2.75, 3.05) is 18.6 Å². The van der Waals surface area contributed by atoms with E-state index in [0.717, 1.165) is 32.3 Å². The van der Waals surface area contributed by atoms with Crippen LogP contribution in [0, 0.1) is 0 Å².